The Morgan fingerprint density at radius 2 is 2.09 bits per heavy atom. The van der Waals surface area contributed by atoms with Crippen LogP contribution in [0.4, 0.5) is 4.39 Å². The Labute approximate surface area is 195 Å². The van der Waals surface area contributed by atoms with Gasteiger partial charge in [0.2, 0.25) is 0 Å². The number of rotatable bonds is 8. The molecule has 1 N–H and O–H groups in total. The molecule has 3 aliphatic rings. The van der Waals surface area contributed by atoms with Crippen molar-refractivity contribution in [2.24, 2.45) is 5.41 Å². The molecule has 9 nitrogen and oxygen atoms in total. The average molecular weight is 459 g/mol. The molecule has 172 valence electrons. The van der Waals surface area contributed by atoms with E-state index in [4.69, 9.17) is 4.74 Å². The van der Waals surface area contributed by atoms with Gasteiger partial charge in [-0.25, -0.2) is 19.0 Å². The van der Waals surface area contributed by atoms with E-state index in [1.165, 1.54) is 6.20 Å². The van der Waals surface area contributed by atoms with Crippen LogP contribution in [0.15, 0.2) is 43.0 Å². The average Bonchev–Trinajstić information content (AvgIpc) is 3.43. The topological polar surface area (TPSA) is 106 Å². The molecule has 0 amide bonds. The third kappa shape index (κ3) is 3.58. The van der Waals surface area contributed by atoms with Gasteiger partial charge in [0, 0.05) is 31.0 Å². The maximum atomic E-state index is 13.7. The number of aromatic nitrogens is 6. The molecule has 4 heterocycles. The fraction of sp³-hybridized carbons (Fsp3) is 0.375. The molecule has 0 unspecified atom stereocenters. The second-order valence-electron chi connectivity index (χ2n) is 9.50. The van der Waals surface area contributed by atoms with Crippen molar-refractivity contribution in [2.45, 2.75) is 38.0 Å². The molecule has 0 spiro atoms. The summed E-state index contributed by atoms with van der Waals surface area (Å²) in [6, 6.07) is 7.86. The van der Waals surface area contributed by atoms with Gasteiger partial charge in [-0.15, -0.1) is 5.10 Å². The maximum Gasteiger partial charge on any atom is 0.150 e. The molecular weight excluding hydrogens is 435 g/mol. The van der Waals surface area contributed by atoms with Gasteiger partial charge >= 0.3 is 0 Å². The number of nitrogens with zero attached hydrogens (tertiary/aromatic N) is 7. The third-order valence-corrected chi connectivity index (χ3v) is 6.81. The Morgan fingerprint density at radius 3 is 2.85 bits per heavy atom. The van der Waals surface area contributed by atoms with Crippen molar-refractivity contribution < 1.29 is 9.13 Å². The molecule has 3 saturated carbocycles. The molecule has 0 atom stereocenters. The summed E-state index contributed by atoms with van der Waals surface area (Å²) < 4.78 is 22.6. The van der Waals surface area contributed by atoms with Gasteiger partial charge in [0.25, 0.3) is 0 Å². The lowest BCUT2D eigenvalue weighted by molar-refractivity contribution is -0.209. The van der Waals surface area contributed by atoms with E-state index in [9.17, 15) is 9.65 Å². The van der Waals surface area contributed by atoms with Crippen molar-refractivity contribution >= 4 is 5.65 Å². The first-order chi connectivity index (χ1) is 16.5. The lowest BCUT2D eigenvalue weighted by Crippen LogP contribution is -2.67. The fourth-order valence-electron chi connectivity index (χ4n) is 5.30. The second kappa shape index (κ2) is 7.60. The second-order valence-corrected chi connectivity index (χ2v) is 9.50. The van der Waals surface area contributed by atoms with Crippen LogP contribution in [0, 0.1) is 16.7 Å². The Morgan fingerprint density at radius 1 is 1.24 bits per heavy atom. The van der Waals surface area contributed by atoms with Gasteiger partial charge in [0.1, 0.15) is 34.5 Å². The highest BCUT2D eigenvalue weighted by molar-refractivity contribution is 5.65. The van der Waals surface area contributed by atoms with E-state index in [1.807, 2.05) is 16.7 Å². The van der Waals surface area contributed by atoms with E-state index in [2.05, 4.69) is 43.9 Å². The Balaban J connectivity index is 1.14. The van der Waals surface area contributed by atoms with Gasteiger partial charge in [-0.2, -0.15) is 5.26 Å². The summed E-state index contributed by atoms with van der Waals surface area (Å²) in [6.45, 7) is 2.05. The van der Waals surface area contributed by atoms with Crippen LogP contribution in [0.25, 0.3) is 16.9 Å². The van der Waals surface area contributed by atoms with Crippen LogP contribution >= 0.6 is 0 Å². The molecule has 10 heteroatoms. The minimum Gasteiger partial charge on any atom is -0.495 e. The summed E-state index contributed by atoms with van der Waals surface area (Å²) in [5.74, 6) is 0.546. The zero-order valence-electron chi connectivity index (χ0n) is 18.7. The third-order valence-electron chi connectivity index (χ3n) is 6.81. The predicted molar refractivity (Wildman–Crippen MR) is 121 cm³/mol. The largest absolute Gasteiger partial charge is 0.495 e. The van der Waals surface area contributed by atoms with Gasteiger partial charge < -0.3 is 14.5 Å². The van der Waals surface area contributed by atoms with Gasteiger partial charge in [-0.1, -0.05) is 11.3 Å². The number of nitriles is 1. The van der Waals surface area contributed by atoms with Gasteiger partial charge in [0.05, 0.1) is 31.7 Å². The van der Waals surface area contributed by atoms with E-state index in [0.29, 0.717) is 42.8 Å². The van der Waals surface area contributed by atoms with Crippen LogP contribution in [-0.2, 0) is 13.1 Å². The molecule has 0 aliphatic heterocycles. The molecule has 34 heavy (non-hydrogen) atoms. The molecule has 3 fully saturated rings. The fourth-order valence-corrected chi connectivity index (χ4v) is 5.30. The molecule has 4 aromatic rings. The van der Waals surface area contributed by atoms with Crippen molar-refractivity contribution in [1.82, 2.24) is 34.7 Å². The first-order valence-corrected chi connectivity index (χ1v) is 11.2. The summed E-state index contributed by atoms with van der Waals surface area (Å²) in [7, 11) is 1.55. The quantitative estimate of drug-likeness (QED) is 0.433. The molecule has 0 aromatic carbocycles. The van der Waals surface area contributed by atoms with E-state index in [1.54, 1.807) is 24.1 Å². The lowest BCUT2D eigenvalue weighted by Gasteiger charge is -2.66. The number of methoxy groups -OCH3 is 1. The zero-order valence-corrected chi connectivity index (χ0v) is 18.7. The summed E-state index contributed by atoms with van der Waals surface area (Å²) in [6.07, 6.45) is 9.45. The summed E-state index contributed by atoms with van der Waals surface area (Å²) >= 11 is 0. The Hall–Kier alpha value is -3.84. The van der Waals surface area contributed by atoms with Gasteiger partial charge in [0.15, 0.2) is 0 Å². The maximum absolute atomic E-state index is 13.7. The SMILES string of the molecule is COc1cnc(C#N)c(-c2cn(Cc3cn4cc(CNCC56CC(F)(C5)C6)ccc4n3)nn2)c1. The van der Waals surface area contributed by atoms with Crippen molar-refractivity contribution in [3.05, 3.63) is 59.9 Å². The number of fused-ring (bicyclic) bond motifs is 1. The van der Waals surface area contributed by atoms with Crippen molar-refractivity contribution in [3.63, 3.8) is 0 Å². The molecule has 7 rings (SSSR count). The number of imidazole rings is 1. The highest BCUT2D eigenvalue weighted by Gasteiger charge is 2.68. The van der Waals surface area contributed by atoms with Crippen LogP contribution < -0.4 is 10.1 Å². The first-order valence-electron chi connectivity index (χ1n) is 11.2. The predicted octanol–water partition coefficient (Wildman–Crippen LogP) is 2.90. The van der Waals surface area contributed by atoms with E-state index < -0.39 is 5.67 Å². The number of halogens is 1. The van der Waals surface area contributed by atoms with Crippen molar-refractivity contribution in [1.29, 1.82) is 5.26 Å². The van der Waals surface area contributed by atoms with Gasteiger partial charge in [-0.3, -0.25) is 0 Å². The molecular formula is C24H23FN8O. The highest BCUT2D eigenvalue weighted by atomic mass is 19.1. The summed E-state index contributed by atoms with van der Waals surface area (Å²) in [5.41, 5.74) is 3.57. The summed E-state index contributed by atoms with van der Waals surface area (Å²) in [4.78, 5) is 8.80. The monoisotopic (exact) mass is 458 g/mol. The first kappa shape index (κ1) is 20.7. The summed E-state index contributed by atoms with van der Waals surface area (Å²) in [5, 5.41) is 21.3. The number of hydrogen-bond donors (Lipinski definition) is 1. The molecule has 0 saturated heterocycles. The van der Waals surface area contributed by atoms with Crippen molar-refractivity contribution in [3.8, 4) is 23.1 Å². The van der Waals surface area contributed by atoms with Crippen LogP contribution in [-0.4, -0.2) is 48.7 Å². The van der Waals surface area contributed by atoms with E-state index in [-0.39, 0.29) is 11.1 Å². The van der Waals surface area contributed by atoms with Crippen molar-refractivity contribution in [2.75, 3.05) is 13.7 Å². The van der Waals surface area contributed by atoms with Crippen LogP contribution in [0.1, 0.15) is 36.2 Å². The van der Waals surface area contributed by atoms with Gasteiger partial charge in [-0.05, 0) is 42.4 Å². The van der Waals surface area contributed by atoms with Crippen LogP contribution in [0.2, 0.25) is 0 Å². The smallest absolute Gasteiger partial charge is 0.150 e. The molecule has 0 radical (unpaired) electrons. The number of alkyl halides is 1. The molecule has 2 bridgehead atoms. The Kier molecular flexibility index (Phi) is 4.64. The number of nitrogens with one attached hydrogen (secondary N) is 1. The van der Waals surface area contributed by atoms with E-state index >= 15 is 0 Å². The minimum atomic E-state index is -0.846. The minimum absolute atomic E-state index is 0.201. The lowest BCUT2D eigenvalue weighted by atomic mass is 9.42. The Bertz CT molecular complexity index is 1410. The molecule has 3 aliphatic carbocycles. The number of ether oxygens (including phenoxy) is 1. The number of hydrogen-bond acceptors (Lipinski definition) is 7. The number of pyridine rings is 2. The van der Waals surface area contributed by atoms with E-state index in [0.717, 1.165) is 30.0 Å². The zero-order chi connectivity index (χ0) is 23.3. The standard InChI is InChI=1S/C24H23FN8O/c1-34-18-4-19(20(5-26)28-7-18)21-11-33(31-30-21)10-17-9-32-8-16(2-3-22(32)29-17)6-27-15-23-12-24(25,13-23)14-23/h2-4,7-9,11,27H,6,10,12-15H2,1H3. The highest BCUT2D eigenvalue weighted by Crippen LogP contribution is 2.69. The van der Waals surface area contributed by atoms with Crippen LogP contribution in [0.3, 0.4) is 0 Å². The normalized spacial score (nSPS) is 22.7. The van der Waals surface area contributed by atoms with Crippen LogP contribution in [0.5, 0.6) is 5.75 Å². The molecule has 4 aromatic heterocycles.